The Hall–Kier alpha value is -3.42. The molecule has 3 rings (SSSR count). The lowest BCUT2D eigenvalue weighted by atomic mass is 10.0. The number of hydrogen-bond acceptors (Lipinski definition) is 7. The molecular weight excluding hydrogens is 523 g/mol. The van der Waals surface area contributed by atoms with Crippen molar-refractivity contribution in [3.63, 3.8) is 0 Å². The number of likely N-dealkylation sites (N-methyl/N-ethyl adjacent to an activating group) is 1. The van der Waals surface area contributed by atoms with Crippen molar-refractivity contribution in [2.75, 3.05) is 13.6 Å². The van der Waals surface area contributed by atoms with Crippen molar-refractivity contribution in [1.29, 1.82) is 0 Å². The summed E-state index contributed by atoms with van der Waals surface area (Å²) < 4.78 is 31.7. The van der Waals surface area contributed by atoms with Gasteiger partial charge in [0.05, 0.1) is 17.1 Å². The van der Waals surface area contributed by atoms with E-state index in [2.05, 4.69) is 9.97 Å². The summed E-state index contributed by atoms with van der Waals surface area (Å²) in [4.78, 5) is 44.0. The maximum Gasteiger partial charge on any atom is 0.490 e. The molecule has 0 aliphatic rings. The predicted molar refractivity (Wildman–Crippen MR) is 138 cm³/mol. The minimum Gasteiger partial charge on any atom is -0.475 e. The first-order valence-corrected chi connectivity index (χ1v) is 12.5. The van der Waals surface area contributed by atoms with Gasteiger partial charge in [0.1, 0.15) is 6.04 Å². The summed E-state index contributed by atoms with van der Waals surface area (Å²) in [5.74, 6) is -3.00. The third-order valence-electron chi connectivity index (χ3n) is 5.48. The molecule has 0 saturated carbocycles. The van der Waals surface area contributed by atoms with Crippen LogP contribution in [0.15, 0.2) is 59.8 Å². The second-order valence-electron chi connectivity index (χ2n) is 8.31. The van der Waals surface area contributed by atoms with Gasteiger partial charge in [-0.15, -0.1) is 0 Å². The highest BCUT2D eigenvalue weighted by Gasteiger charge is 2.38. The second-order valence-corrected chi connectivity index (χ2v) is 9.30. The van der Waals surface area contributed by atoms with Crippen molar-refractivity contribution in [3.8, 4) is 0 Å². The summed E-state index contributed by atoms with van der Waals surface area (Å²) >= 11 is 1.01. The SMILES string of the molecule is CN(C(=O)[C@@H](N)CCc1ccccc1)[C@@H](CCCN)C(=O)Sc1nc2ccccc2[nH]1.O=C(O)C(F)(F)F. The number of H-pyrrole nitrogens is 1. The van der Waals surface area contributed by atoms with Crippen LogP contribution in [0.2, 0.25) is 0 Å². The van der Waals surface area contributed by atoms with Gasteiger partial charge in [0.2, 0.25) is 11.0 Å². The molecule has 0 unspecified atom stereocenters. The molecule has 0 spiro atoms. The van der Waals surface area contributed by atoms with Crippen molar-refractivity contribution in [1.82, 2.24) is 14.9 Å². The molecule has 0 saturated heterocycles. The van der Waals surface area contributed by atoms with E-state index in [4.69, 9.17) is 21.4 Å². The number of para-hydroxylation sites is 2. The van der Waals surface area contributed by atoms with Gasteiger partial charge in [0.15, 0.2) is 5.16 Å². The number of thioether (sulfide) groups is 1. The number of aliphatic carboxylic acids is 1. The number of aryl methyl sites for hydroxylation is 1. The molecule has 6 N–H and O–H groups in total. The maximum absolute atomic E-state index is 13.1. The lowest BCUT2D eigenvalue weighted by Gasteiger charge is -2.29. The van der Waals surface area contributed by atoms with Crippen molar-refractivity contribution in [2.24, 2.45) is 11.5 Å². The second kappa shape index (κ2) is 14.5. The van der Waals surface area contributed by atoms with E-state index in [1.54, 1.807) is 7.05 Å². The van der Waals surface area contributed by atoms with E-state index in [0.29, 0.717) is 37.4 Å². The van der Waals surface area contributed by atoms with Crippen LogP contribution in [0.4, 0.5) is 13.2 Å². The van der Waals surface area contributed by atoms with Gasteiger partial charge in [-0.05, 0) is 61.7 Å². The Morgan fingerprint density at radius 2 is 1.68 bits per heavy atom. The number of aromatic amines is 1. The number of nitrogens with two attached hydrogens (primary N) is 2. The van der Waals surface area contributed by atoms with Gasteiger partial charge in [-0.3, -0.25) is 9.59 Å². The number of carbonyl (C=O) groups is 3. The Morgan fingerprint density at radius 3 is 2.26 bits per heavy atom. The topological polar surface area (TPSA) is 155 Å². The number of amides is 1. The molecular formula is C25H30F3N5O4S. The zero-order valence-electron chi connectivity index (χ0n) is 20.6. The van der Waals surface area contributed by atoms with Crippen LogP contribution >= 0.6 is 11.8 Å². The Balaban J connectivity index is 0.000000638. The van der Waals surface area contributed by atoms with Crippen molar-refractivity contribution in [2.45, 2.75) is 49.1 Å². The first-order chi connectivity index (χ1) is 17.9. The fourth-order valence-electron chi connectivity index (χ4n) is 3.43. The van der Waals surface area contributed by atoms with Gasteiger partial charge < -0.3 is 26.5 Å². The quantitative estimate of drug-likeness (QED) is 0.279. The zero-order valence-corrected chi connectivity index (χ0v) is 21.5. The molecule has 9 nitrogen and oxygen atoms in total. The lowest BCUT2D eigenvalue weighted by Crippen LogP contribution is -2.49. The summed E-state index contributed by atoms with van der Waals surface area (Å²) in [6.07, 6.45) is -2.75. The van der Waals surface area contributed by atoms with Crippen LogP contribution in [-0.4, -0.2) is 68.8 Å². The fraction of sp³-hybridized carbons (Fsp3) is 0.360. The highest BCUT2D eigenvalue weighted by Crippen LogP contribution is 2.24. The summed E-state index contributed by atoms with van der Waals surface area (Å²) in [6, 6.07) is 16.2. The summed E-state index contributed by atoms with van der Waals surface area (Å²) in [6.45, 7) is 0.446. The number of nitrogens with zero attached hydrogens (tertiary/aromatic N) is 2. The number of aromatic nitrogens is 2. The van der Waals surface area contributed by atoms with Crippen LogP contribution in [0.25, 0.3) is 11.0 Å². The first kappa shape index (κ1) is 30.8. The normalized spacial score (nSPS) is 12.8. The molecule has 3 aromatic rings. The van der Waals surface area contributed by atoms with E-state index in [1.807, 2.05) is 54.6 Å². The fourth-order valence-corrected chi connectivity index (χ4v) is 4.33. The van der Waals surface area contributed by atoms with Crippen LogP contribution < -0.4 is 11.5 Å². The molecule has 0 radical (unpaired) electrons. The van der Waals surface area contributed by atoms with Gasteiger partial charge in [0, 0.05) is 7.05 Å². The largest absolute Gasteiger partial charge is 0.490 e. The number of alkyl halides is 3. The highest BCUT2D eigenvalue weighted by atomic mass is 32.2. The molecule has 0 bridgehead atoms. The van der Waals surface area contributed by atoms with Crippen LogP contribution in [0, 0.1) is 0 Å². The van der Waals surface area contributed by atoms with E-state index in [9.17, 15) is 22.8 Å². The number of carboxylic acids is 1. The summed E-state index contributed by atoms with van der Waals surface area (Å²) in [5, 5.41) is 7.48. The molecule has 13 heteroatoms. The molecule has 2 atom stereocenters. The van der Waals surface area contributed by atoms with Crippen LogP contribution in [0.5, 0.6) is 0 Å². The van der Waals surface area contributed by atoms with Crippen molar-refractivity contribution in [3.05, 3.63) is 60.2 Å². The van der Waals surface area contributed by atoms with Gasteiger partial charge in [-0.25, -0.2) is 9.78 Å². The Labute approximate surface area is 221 Å². The van der Waals surface area contributed by atoms with Crippen LogP contribution in [0.3, 0.4) is 0 Å². The van der Waals surface area contributed by atoms with E-state index >= 15 is 0 Å². The van der Waals surface area contributed by atoms with Gasteiger partial charge >= 0.3 is 12.1 Å². The molecule has 2 aromatic carbocycles. The van der Waals surface area contributed by atoms with Crippen LogP contribution in [0.1, 0.15) is 24.8 Å². The number of hydrogen-bond donors (Lipinski definition) is 4. The Bertz CT molecular complexity index is 1170. The number of fused-ring (bicyclic) bond motifs is 1. The molecule has 0 aliphatic carbocycles. The smallest absolute Gasteiger partial charge is 0.475 e. The molecule has 0 aliphatic heterocycles. The standard InChI is InChI=1S/C23H29N5O2S.C2HF3O2/c1-28(21(29)17(25)14-13-16-8-3-2-4-9-16)20(12-7-15-24)22(30)31-23-26-18-10-5-6-11-19(18)27-23;3-2(4,5)1(6)7/h2-6,8-11,17,20H,7,12-15,24-25H2,1H3,(H,26,27);(H,6,7)/t17-,20-;/m0./s1. The first-order valence-electron chi connectivity index (χ1n) is 11.7. The van der Waals surface area contributed by atoms with Crippen molar-refractivity contribution < 1.29 is 32.7 Å². The van der Waals surface area contributed by atoms with Gasteiger partial charge in [0.25, 0.3) is 0 Å². The molecule has 1 heterocycles. The average Bonchev–Trinajstić information content (AvgIpc) is 3.29. The number of halogens is 3. The Morgan fingerprint density at radius 1 is 1.08 bits per heavy atom. The summed E-state index contributed by atoms with van der Waals surface area (Å²) in [5.41, 5.74) is 14.6. The minimum absolute atomic E-state index is 0.154. The molecule has 38 heavy (non-hydrogen) atoms. The number of benzene rings is 2. The molecule has 206 valence electrons. The minimum atomic E-state index is -5.08. The monoisotopic (exact) mass is 553 g/mol. The number of rotatable bonds is 10. The number of nitrogens with one attached hydrogen (secondary N) is 1. The summed E-state index contributed by atoms with van der Waals surface area (Å²) in [7, 11) is 1.64. The van der Waals surface area contributed by atoms with E-state index in [0.717, 1.165) is 28.4 Å². The molecule has 0 fully saturated rings. The highest BCUT2D eigenvalue weighted by molar-refractivity contribution is 8.13. The van der Waals surface area contributed by atoms with Gasteiger partial charge in [-0.2, -0.15) is 13.2 Å². The number of carboxylic acid groups (broad SMARTS) is 1. The zero-order chi connectivity index (χ0) is 28.3. The van der Waals surface area contributed by atoms with Crippen LogP contribution in [-0.2, 0) is 20.8 Å². The maximum atomic E-state index is 13.1. The van der Waals surface area contributed by atoms with E-state index in [1.165, 1.54) is 4.90 Å². The third-order valence-corrected chi connectivity index (χ3v) is 6.34. The molecule has 1 aromatic heterocycles. The Kier molecular flexibility index (Phi) is 11.8. The van der Waals surface area contributed by atoms with Gasteiger partial charge in [-0.1, -0.05) is 42.5 Å². The molecule has 1 amide bonds. The lowest BCUT2D eigenvalue weighted by molar-refractivity contribution is -0.192. The third kappa shape index (κ3) is 9.47. The average molecular weight is 554 g/mol. The predicted octanol–water partition coefficient (Wildman–Crippen LogP) is 3.34. The number of carbonyl (C=O) groups excluding carboxylic acids is 2. The van der Waals surface area contributed by atoms with Crippen molar-refractivity contribution >= 4 is 39.8 Å². The number of imidazole rings is 1. The van der Waals surface area contributed by atoms with E-state index in [-0.39, 0.29) is 11.0 Å². The van der Waals surface area contributed by atoms with E-state index < -0.39 is 24.2 Å².